The van der Waals surface area contributed by atoms with Crippen LogP contribution in [0.15, 0.2) is 24.3 Å². The van der Waals surface area contributed by atoms with Crippen LogP contribution in [-0.2, 0) is 14.3 Å². The first kappa shape index (κ1) is 20.7. The van der Waals surface area contributed by atoms with E-state index >= 15 is 0 Å². The van der Waals surface area contributed by atoms with Crippen LogP contribution in [0.3, 0.4) is 0 Å². The van der Waals surface area contributed by atoms with Crippen LogP contribution in [0, 0.1) is 16.0 Å². The minimum absolute atomic E-state index is 0.0663. The van der Waals surface area contributed by atoms with Gasteiger partial charge in [-0.1, -0.05) is 26.0 Å². The number of nitro groups is 1. The Hall–Kier alpha value is -2.64. The van der Waals surface area contributed by atoms with Gasteiger partial charge in [0.25, 0.3) is 11.6 Å². The molecule has 0 aliphatic carbocycles. The molecule has 1 amide bonds. The highest BCUT2D eigenvalue weighted by Gasteiger charge is 2.29. The standard InChI is InChI=1S/C19H27N3O5/c1-3-15(4-2)20-18(23)13-27-19(24)14-9-11-21(12-10-14)16-7-5-6-8-17(16)22(25)26/h5-8,14-15H,3-4,9-13H2,1-2H3,(H,20,23). The van der Waals surface area contributed by atoms with Crippen LogP contribution >= 0.6 is 0 Å². The molecule has 0 aromatic heterocycles. The lowest BCUT2D eigenvalue weighted by molar-refractivity contribution is -0.384. The van der Waals surface area contributed by atoms with Gasteiger partial charge in [0, 0.05) is 25.2 Å². The van der Waals surface area contributed by atoms with Crippen molar-refractivity contribution in [1.82, 2.24) is 5.32 Å². The van der Waals surface area contributed by atoms with Crippen molar-refractivity contribution < 1.29 is 19.2 Å². The van der Waals surface area contributed by atoms with Gasteiger partial charge in [-0.25, -0.2) is 0 Å². The van der Waals surface area contributed by atoms with Gasteiger partial charge in [-0.2, -0.15) is 0 Å². The number of amides is 1. The number of benzene rings is 1. The summed E-state index contributed by atoms with van der Waals surface area (Å²) in [5.74, 6) is -0.948. The first-order valence-electron chi connectivity index (χ1n) is 9.40. The third-order valence-corrected chi connectivity index (χ3v) is 4.94. The maximum Gasteiger partial charge on any atom is 0.309 e. The van der Waals surface area contributed by atoms with Crippen molar-refractivity contribution in [2.75, 3.05) is 24.6 Å². The molecule has 1 aliphatic heterocycles. The van der Waals surface area contributed by atoms with Crippen LogP contribution in [0.25, 0.3) is 0 Å². The summed E-state index contributed by atoms with van der Waals surface area (Å²) >= 11 is 0. The summed E-state index contributed by atoms with van der Waals surface area (Å²) < 4.78 is 5.16. The molecule has 0 atom stereocenters. The number of piperidine rings is 1. The Labute approximate surface area is 159 Å². The number of nitrogens with one attached hydrogen (secondary N) is 1. The second-order valence-corrected chi connectivity index (χ2v) is 6.70. The fraction of sp³-hybridized carbons (Fsp3) is 0.579. The summed E-state index contributed by atoms with van der Waals surface area (Å²) in [6.45, 7) is 4.78. The number of carbonyl (C=O) groups excluding carboxylic acids is 2. The Morgan fingerprint density at radius 2 is 1.89 bits per heavy atom. The number of carbonyl (C=O) groups is 2. The average molecular weight is 377 g/mol. The van der Waals surface area contributed by atoms with Crippen molar-refractivity contribution >= 4 is 23.3 Å². The molecule has 8 heteroatoms. The second-order valence-electron chi connectivity index (χ2n) is 6.70. The molecular formula is C19H27N3O5. The molecule has 0 bridgehead atoms. The van der Waals surface area contributed by atoms with Crippen LogP contribution in [-0.4, -0.2) is 42.5 Å². The molecule has 1 heterocycles. The molecule has 148 valence electrons. The van der Waals surface area contributed by atoms with Crippen molar-refractivity contribution in [2.24, 2.45) is 5.92 Å². The Bertz CT molecular complexity index is 667. The summed E-state index contributed by atoms with van der Waals surface area (Å²) in [5.41, 5.74) is 0.635. The zero-order valence-electron chi connectivity index (χ0n) is 15.8. The molecule has 1 saturated heterocycles. The highest BCUT2D eigenvalue weighted by atomic mass is 16.6. The predicted molar refractivity (Wildman–Crippen MR) is 102 cm³/mol. The van der Waals surface area contributed by atoms with Crippen LogP contribution < -0.4 is 10.2 Å². The molecule has 0 radical (unpaired) electrons. The molecule has 1 N–H and O–H groups in total. The number of nitrogens with zero attached hydrogens (tertiary/aromatic N) is 2. The van der Waals surface area contributed by atoms with E-state index in [9.17, 15) is 19.7 Å². The number of hydrogen-bond donors (Lipinski definition) is 1. The van der Waals surface area contributed by atoms with Gasteiger partial charge in [0.15, 0.2) is 6.61 Å². The monoisotopic (exact) mass is 377 g/mol. The van der Waals surface area contributed by atoms with Crippen molar-refractivity contribution in [3.63, 3.8) is 0 Å². The van der Waals surface area contributed by atoms with Crippen LogP contribution in [0.1, 0.15) is 39.5 Å². The molecule has 1 aromatic rings. The number of anilines is 1. The molecule has 27 heavy (non-hydrogen) atoms. The van der Waals surface area contributed by atoms with E-state index in [1.807, 2.05) is 18.7 Å². The molecule has 0 saturated carbocycles. The zero-order chi connectivity index (χ0) is 19.8. The van der Waals surface area contributed by atoms with Crippen LogP contribution in [0.5, 0.6) is 0 Å². The van der Waals surface area contributed by atoms with E-state index in [-0.39, 0.29) is 36.1 Å². The molecule has 2 rings (SSSR count). The lowest BCUT2D eigenvalue weighted by atomic mass is 9.96. The smallest absolute Gasteiger partial charge is 0.309 e. The number of rotatable bonds is 8. The Morgan fingerprint density at radius 1 is 1.26 bits per heavy atom. The fourth-order valence-electron chi connectivity index (χ4n) is 3.26. The van der Waals surface area contributed by atoms with E-state index in [1.54, 1.807) is 18.2 Å². The molecule has 1 aromatic carbocycles. The van der Waals surface area contributed by atoms with E-state index in [2.05, 4.69) is 5.32 Å². The lowest BCUT2D eigenvalue weighted by Crippen LogP contribution is -2.39. The van der Waals surface area contributed by atoms with Gasteiger partial charge in [0.05, 0.1) is 10.8 Å². The quantitative estimate of drug-likeness (QED) is 0.424. The van der Waals surface area contributed by atoms with Crippen LogP contribution in [0.4, 0.5) is 11.4 Å². The third kappa shape index (κ3) is 5.67. The van der Waals surface area contributed by atoms with Gasteiger partial charge >= 0.3 is 5.97 Å². The lowest BCUT2D eigenvalue weighted by Gasteiger charge is -2.32. The molecule has 0 spiro atoms. The van der Waals surface area contributed by atoms with E-state index in [0.717, 1.165) is 12.8 Å². The highest BCUT2D eigenvalue weighted by molar-refractivity contribution is 5.81. The summed E-state index contributed by atoms with van der Waals surface area (Å²) in [5, 5.41) is 14.0. The zero-order valence-corrected chi connectivity index (χ0v) is 15.8. The van der Waals surface area contributed by atoms with Crippen molar-refractivity contribution in [2.45, 2.75) is 45.6 Å². The molecule has 1 aliphatic rings. The number of ether oxygens (including phenoxy) is 1. The average Bonchev–Trinajstić information content (AvgIpc) is 2.70. The van der Waals surface area contributed by atoms with Gasteiger partial charge in [-0.3, -0.25) is 19.7 Å². The van der Waals surface area contributed by atoms with E-state index < -0.39 is 4.92 Å². The van der Waals surface area contributed by atoms with E-state index in [4.69, 9.17) is 4.74 Å². The minimum atomic E-state index is -0.395. The number of nitro benzene ring substituents is 1. The largest absolute Gasteiger partial charge is 0.455 e. The van der Waals surface area contributed by atoms with Gasteiger partial charge in [-0.05, 0) is 31.7 Å². The first-order chi connectivity index (χ1) is 13.0. The highest BCUT2D eigenvalue weighted by Crippen LogP contribution is 2.31. The second kappa shape index (κ2) is 9.89. The van der Waals surface area contributed by atoms with Crippen molar-refractivity contribution in [1.29, 1.82) is 0 Å². The molecular weight excluding hydrogens is 350 g/mol. The number of esters is 1. The summed E-state index contributed by atoms with van der Waals surface area (Å²) in [6, 6.07) is 6.70. The van der Waals surface area contributed by atoms with E-state index in [0.29, 0.717) is 31.6 Å². The van der Waals surface area contributed by atoms with Crippen molar-refractivity contribution in [3.05, 3.63) is 34.4 Å². The summed E-state index contributed by atoms with van der Waals surface area (Å²) in [6.07, 6.45) is 2.75. The summed E-state index contributed by atoms with van der Waals surface area (Å²) in [4.78, 5) is 36.7. The predicted octanol–water partition coefficient (Wildman–Crippen LogP) is 2.66. The number of hydrogen-bond acceptors (Lipinski definition) is 6. The molecule has 0 unspecified atom stereocenters. The van der Waals surface area contributed by atoms with Crippen LogP contribution in [0.2, 0.25) is 0 Å². The Morgan fingerprint density at radius 3 is 2.48 bits per heavy atom. The SMILES string of the molecule is CCC(CC)NC(=O)COC(=O)C1CCN(c2ccccc2[N+](=O)[O-])CC1. The summed E-state index contributed by atoms with van der Waals surface area (Å²) in [7, 11) is 0. The van der Waals surface area contributed by atoms with Gasteiger partial charge in [0.2, 0.25) is 0 Å². The number of para-hydroxylation sites is 2. The molecule has 8 nitrogen and oxygen atoms in total. The van der Waals surface area contributed by atoms with Gasteiger partial charge in [0.1, 0.15) is 5.69 Å². The van der Waals surface area contributed by atoms with Gasteiger partial charge < -0.3 is 15.0 Å². The van der Waals surface area contributed by atoms with Crippen molar-refractivity contribution in [3.8, 4) is 0 Å². The topological polar surface area (TPSA) is 102 Å². The third-order valence-electron chi connectivity index (χ3n) is 4.94. The maximum absolute atomic E-state index is 12.2. The normalized spacial score (nSPS) is 14.9. The Kier molecular flexibility index (Phi) is 7.57. The minimum Gasteiger partial charge on any atom is -0.455 e. The van der Waals surface area contributed by atoms with Gasteiger partial charge in [-0.15, -0.1) is 0 Å². The van der Waals surface area contributed by atoms with E-state index in [1.165, 1.54) is 6.07 Å². The maximum atomic E-state index is 12.2. The Balaban J connectivity index is 1.82. The first-order valence-corrected chi connectivity index (χ1v) is 9.40. The molecule has 1 fully saturated rings. The fourth-order valence-corrected chi connectivity index (χ4v) is 3.26.